The Bertz CT molecular complexity index is 714. The smallest absolute Gasteiger partial charge is 0.0813 e. The van der Waals surface area contributed by atoms with Crippen LogP contribution in [0.25, 0.3) is 10.2 Å². The van der Waals surface area contributed by atoms with Crippen molar-refractivity contribution in [3.63, 3.8) is 0 Å². The molecule has 0 unspecified atom stereocenters. The largest absolute Gasteiger partial charge is 0.379 e. The number of nitrogens with one attached hydrogen (secondary N) is 1. The number of aromatic nitrogens is 3. The Balaban J connectivity index is 1.76. The van der Waals surface area contributed by atoms with E-state index in [0.717, 1.165) is 36.4 Å². The van der Waals surface area contributed by atoms with Gasteiger partial charge in [0, 0.05) is 12.2 Å². The molecule has 0 saturated carbocycles. The number of rotatable bonds is 5. The molecule has 20 heavy (non-hydrogen) atoms. The van der Waals surface area contributed by atoms with Crippen molar-refractivity contribution in [3.8, 4) is 0 Å². The van der Waals surface area contributed by atoms with E-state index in [4.69, 9.17) is 0 Å². The van der Waals surface area contributed by atoms with Crippen molar-refractivity contribution in [2.24, 2.45) is 0 Å². The molecule has 0 aliphatic carbocycles. The first-order valence-electron chi connectivity index (χ1n) is 6.93. The van der Waals surface area contributed by atoms with Crippen molar-refractivity contribution in [2.45, 2.75) is 33.4 Å². The number of anilines is 1. The van der Waals surface area contributed by atoms with Gasteiger partial charge in [-0.05, 0) is 37.6 Å². The average Bonchev–Trinajstić information content (AvgIpc) is 3.10. The van der Waals surface area contributed by atoms with Gasteiger partial charge >= 0.3 is 0 Å². The van der Waals surface area contributed by atoms with Crippen LogP contribution in [-0.4, -0.2) is 14.8 Å². The van der Waals surface area contributed by atoms with Gasteiger partial charge in [0.05, 0.1) is 33.7 Å². The first kappa shape index (κ1) is 13.1. The molecule has 1 aromatic carbocycles. The van der Waals surface area contributed by atoms with Crippen LogP contribution in [0, 0.1) is 0 Å². The third-order valence-corrected chi connectivity index (χ3v) is 4.17. The van der Waals surface area contributed by atoms with Crippen LogP contribution in [0.1, 0.15) is 25.2 Å². The number of hydrogen-bond acceptors (Lipinski definition) is 4. The van der Waals surface area contributed by atoms with E-state index in [1.54, 1.807) is 11.3 Å². The lowest BCUT2D eigenvalue weighted by molar-refractivity contribution is 0.619. The highest BCUT2D eigenvalue weighted by molar-refractivity contribution is 7.16. The van der Waals surface area contributed by atoms with E-state index in [9.17, 15) is 0 Å². The molecule has 2 heterocycles. The molecule has 0 aliphatic heterocycles. The number of thiazole rings is 1. The van der Waals surface area contributed by atoms with E-state index >= 15 is 0 Å². The Labute approximate surface area is 122 Å². The second-order valence-electron chi connectivity index (χ2n) is 4.68. The molecule has 0 radical (unpaired) electrons. The molecule has 0 amide bonds. The number of fused-ring (bicyclic) bond motifs is 1. The summed E-state index contributed by atoms with van der Waals surface area (Å²) in [5, 5.41) is 8.04. The molecule has 0 spiro atoms. The van der Waals surface area contributed by atoms with Gasteiger partial charge in [0.1, 0.15) is 0 Å². The molecule has 0 atom stereocenters. The lowest BCUT2D eigenvalue weighted by atomic mass is 10.2. The fourth-order valence-electron chi connectivity index (χ4n) is 2.26. The fourth-order valence-corrected chi connectivity index (χ4v) is 2.98. The van der Waals surface area contributed by atoms with Gasteiger partial charge in [0.2, 0.25) is 0 Å². The molecule has 3 rings (SSSR count). The Morgan fingerprint density at radius 2 is 2.15 bits per heavy atom. The summed E-state index contributed by atoms with van der Waals surface area (Å²) in [6.07, 6.45) is 0.979. The fraction of sp³-hybridized carbons (Fsp3) is 0.333. The summed E-state index contributed by atoms with van der Waals surface area (Å²) in [6.45, 7) is 5.96. The minimum atomic E-state index is 0.797. The van der Waals surface area contributed by atoms with Gasteiger partial charge in [-0.1, -0.05) is 6.92 Å². The van der Waals surface area contributed by atoms with Crippen LogP contribution in [0.2, 0.25) is 0 Å². The second-order valence-corrected chi connectivity index (χ2v) is 5.57. The maximum Gasteiger partial charge on any atom is 0.0813 e. The SMILES string of the molecule is CCc1cc(CNc2ccc3ncsc3c2)n(CC)n1. The predicted molar refractivity (Wildman–Crippen MR) is 84.2 cm³/mol. The normalized spacial score (nSPS) is 11.1. The van der Waals surface area contributed by atoms with Crippen molar-refractivity contribution in [3.05, 3.63) is 41.2 Å². The standard InChI is InChI=1S/C15H18N4S/c1-3-11-7-13(19(4-2)18-11)9-16-12-5-6-14-15(8-12)20-10-17-14/h5-8,10,16H,3-4,9H2,1-2H3. The maximum absolute atomic E-state index is 4.57. The Kier molecular flexibility index (Phi) is 3.69. The van der Waals surface area contributed by atoms with Crippen molar-refractivity contribution in [1.29, 1.82) is 0 Å². The van der Waals surface area contributed by atoms with Crippen LogP contribution in [0.4, 0.5) is 5.69 Å². The van der Waals surface area contributed by atoms with Crippen LogP contribution < -0.4 is 5.32 Å². The molecular formula is C15H18N4S. The highest BCUT2D eigenvalue weighted by Crippen LogP contribution is 2.22. The summed E-state index contributed by atoms with van der Waals surface area (Å²) in [4.78, 5) is 4.30. The number of benzene rings is 1. The number of nitrogens with zero attached hydrogens (tertiary/aromatic N) is 3. The topological polar surface area (TPSA) is 42.7 Å². The number of hydrogen-bond donors (Lipinski definition) is 1. The third-order valence-electron chi connectivity index (χ3n) is 3.38. The lowest BCUT2D eigenvalue weighted by Gasteiger charge is -2.08. The van der Waals surface area contributed by atoms with Crippen molar-refractivity contribution < 1.29 is 0 Å². The molecule has 0 bridgehead atoms. The van der Waals surface area contributed by atoms with E-state index in [1.165, 1.54) is 10.4 Å². The zero-order valence-electron chi connectivity index (χ0n) is 11.8. The van der Waals surface area contributed by atoms with E-state index < -0.39 is 0 Å². The summed E-state index contributed by atoms with van der Waals surface area (Å²) < 4.78 is 3.28. The first-order valence-corrected chi connectivity index (χ1v) is 7.80. The van der Waals surface area contributed by atoms with Gasteiger partial charge in [-0.25, -0.2) is 4.98 Å². The monoisotopic (exact) mass is 286 g/mol. The highest BCUT2D eigenvalue weighted by atomic mass is 32.1. The van der Waals surface area contributed by atoms with Crippen molar-refractivity contribution in [1.82, 2.24) is 14.8 Å². The van der Waals surface area contributed by atoms with Crippen molar-refractivity contribution in [2.75, 3.05) is 5.32 Å². The van der Waals surface area contributed by atoms with E-state index in [2.05, 4.69) is 58.2 Å². The summed E-state index contributed by atoms with van der Waals surface area (Å²) in [6, 6.07) is 8.47. The minimum absolute atomic E-state index is 0.797. The Morgan fingerprint density at radius 3 is 2.95 bits per heavy atom. The summed E-state index contributed by atoms with van der Waals surface area (Å²) in [7, 11) is 0. The number of aryl methyl sites for hydroxylation is 2. The Morgan fingerprint density at radius 1 is 1.25 bits per heavy atom. The molecule has 0 aliphatic rings. The van der Waals surface area contributed by atoms with Gasteiger partial charge < -0.3 is 5.32 Å². The molecule has 0 fully saturated rings. The summed E-state index contributed by atoms with van der Waals surface area (Å²) in [5.74, 6) is 0. The molecule has 104 valence electrons. The summed E-state index contributed by atoms with van der Waals surface area (Å²) >= 11 is 1.67. The van der Waals surface area contributed by atoms with Crippen LogP contribution in [0.5, 0.6) is 0 Å². The second kappa shape index (κ2) is 5.63. The van der Waals surface area contributed by atoms with E-state index in [0.29, 0.717) is 0 Å². The zero-order chi connectivity index (χ0) is 13.9. The van der Waals surface area contributed by atoms with Gasteiger partial charge in [0.25, 0.3) is 0 Å². The van der Waals surface area contributed by atoms with Crippen LogP contribution in [0.15, 0.2) is 29.8 Å². The van der Waals surface area contributed by atoms with E-state index in [1.807, 2.05) is 5.51 Å². The maximum atomic E-state index is 4.57. The molecule has 2 aromatic heterocycles. The quantitative estimate of drug-likeness (QED) is 0.778. The first-order chi connectivity index (χ1) is 9.80. The molecule has 0 saturated heterocycles. The molecular weight excluding hydrogens is 268 g/mol. The Hall–Kier alpha value is -1.88. The van der Waals surface area contributed by atoms with Gasteiger partial charge in [0.15, 0.2) is 0 Å². The highest BCUT2D eigenvalue weighted by Gasteiger charge is 2.06. The molecule has 3 aromatic rings. The van der Waals surface area contributed by atoms with Crippen molar-refractivity contribution >= 4 is 27.2 Å². The molecule has 5 heteroatoms. The van der Waals surface area contributed by atoms with Crippen LogP contribution in [0.3, 0.4) is 0 Å². The van der Waals surface area contributed by atoms with Gasteiger partial charge in [-0.15, -0.1) is 11.3 Å². The summed E-state index contributed by atoms with van der Waals surface area (Å²) in [5.41, 5.74) is 6.46. The minimum Gasteiger partial charge on any atom is -0.379 e. The van der Waals surface area contributed by atoms with Gasteiger partial charge in [-0.3, -0.25) is 4.68 Å². The third kappa shape index (κ3) is 2.54. The van der Waals surface area contributed by atoms with Crippen LogP contribution >= 0.6 is 11.3 Å². The zero-order valence-corrected chi connectivity index (χ0v) is 12.6. The predicted octanol–water partition coefficient (Wildman–Crippen LogP) is 3.69. The molecule has 4 nitrogen and oxygen atoms in total. The van der Waals surface area contributed by atoms with Gasteiger partial charge in [-0.2, -0.15) is 5.10 Å². The molecule has 1 N–H and O–H groups in total. The van der Waals surface area contributed by atoms with E-state index in [-0.39, 0.29) is 0 Å². The van der Waals surface area contributed by atoms with Crippen LogP contribution in [-0.2, 0) is 19.5 Å². The average molecular weight is 286 g/mol. The lowest BCUT2D eigenvalue weighted by Crippen LogP contribution is -2.07.